The van der Waals surface area contributed by atoms with E-state index in [1.807, 2.05) is 6.92 Å². The molecule has 0 aliphatic heterocycles. The van der Waals surface area contributed by atoms with Gasteiger partial charge in [-0.05, 0) is 12.5 Å². The van der Waals surface area contributed by atoms with Gasteiger partial charge in [0.05, 0.1) is 18.6 Å². The van der Waals surface area contributed by atoms with Gasteiger partial charge in [-0.2, -0.15) is 0 Å². The summed E-state index contributed by atoms with van der Waals surface area (Å²) < 4.78 is 18.6. The van der Waals surface area contributed by atoms with Gasteiger partial charge in [0, 0.05) is 17.5 Å². The zero-order valence-corrected chi connectivity index (χ0v) is 11.3. The Balaban J connectivity index is 2.64. The number of benzene rings is 1. The first kappa shape index (κ1) is 14.6. The molecule has 1 aromatic carbocycles. The Morgan fingerprint density at radius 1 is 1.56 bits per heavy atom. The molecule has 100 valence electrons. The molecule has 1 rings (SSSR count). The molecule has 0 radical (unpaired) electrons. The van der Waals surface area contributed by atoms with E-state index in [1.165, 1.54) is 19.2 Å². The van der Waals surface area contributed by atoms with E-state index in [0.29, 0.717) is 17.2 Å². The summed E-state index contributed by atoms with van der Waals surface area (Å²) in [4.78, 5) is 11.8. The molecule has 18 heavy (non-hydrogen) atoms. The largest absolute Gasteiger partial charge is 0.495 e. The van der Waals surface area contributed by atoms with Crippen LogP contribution in [-0.2, 0) is 4.79 Å². The smallest absolute Gasteiger partial charge is 0.230 e. The van der Waals surface area contributed by atoms with Gasteiger partial charge in [0.2, 0.25) is 5.91 Å². The number of nitrogens with one attached hydrogen (secondary N) is 1. The van der Waals surface area contributed by atoms with Crippen LogP contribution in [0.25, 0.3) is 0 Å². The molecule has 0 heterocycles. The van der Waals surface area contributed by atoms with Gasteiger partial charge in [-0.25, -0.2) is 4.39 Å². The molecule has 0 unspecified atom stereocenters. The zero-order valence-electron chi connectivity index (χ0n) is 10.5. The van der Waals surface area contributed by atoms with Crippen molar-refractivity contribution in [2.45, 2.75) is 18.2 Å². The van der Waals surface area contributed by atoms with Gasteiger partial charge in [-0.15, -0.1) is 11.8 Å². The number of carbonyl (C=O) groups is 1. The second-order valence-corrected chi connectivity index (χ2v) is 4.68. The lowest BCUT2D eigenvalue weighted by molar-refractivity contribution is -0.118. The molecule has 4 nitrogen and oxygen atoms in total. The number of nitrogen functional groups attached to an aromatic ring is 1. The fraction of sp³-hybridized carbons (Fsp3) is 0.417. The number of anilines is 1. The van der Waals surface area contributed by atoms with Crippen molar-refractivity contribution >= 4 is 23.4 Å². The van der Waals surface area contributed by atoms with Gasteiger partial charge in [-0.1, -0.05) is 6.92 Å². The van der Waals surface area contributed by atoms with Crippen LogP contribution in [-0.4, -0.2) is 25.3 Å². The van der Waals surface area contributed by atoms with Crippen molar-refractivity contribution in [3.63, 3.8) is 0 Å². The Kier molecular flexibility index (Phi) is 5.77. The molecule has 0 aliphatic carbocycles. The lowest BCUT2D eigenvalue weighted by Gasteiger charge is -2.09. The molecule has 0 fully saturated rings. The van der Waals surface area contributed by atoms with Gasteiger partial charge < -0.3 is 15.8 Å². The molecule has 0 aliphatic rings. The zero-order chi connectivity index (χ0) is 13.5. The van der Waals surface area contributed by atoms with Gasteiger partial charge in [0.1, 0.15) is 11.6 Å². The summed E-state index contributed by atoms with van der Waals surface area (Å²) in [6, 6.07) is 2.70. The average molecular weight is 272 g/mol. The lowest BCUT2D eigenvalue weighted by atomic mass is 10.3. The fourth-order valence-corrected chi connectivity index (χ4v) is 2.07. The molecule has 0 spiro atoms. The molecular weight excluding hydrogens is 255 g/mol. The lowest BCUT2D eigenvalue weighted by Crippen LogP contribution is -2.25. The van der Waals surface area contributed by atoms with E-state index in [9.17, 15) is 9.18 Å². The molecule has 1 aromatic rings. The molecule has 3 N–H and O–H groups in total. The summed E-state index contributed by atoms with van der Waals surface area (Å²) in [6.07, 6.45) is 0.875. The van der Waals surface area contributed by atoms with Crippen molar-refractivity contribution in [2.75, 3.05) is 25.1 Å². The molecular formula is C12H17FN2O2S. The van der Waals surface area contributed by atoms with E-state index in [1.54, 1.807) is 0 Å². The highest BCUT2D eigenvalue weighted by atomic mass is 32.2. The SMILES string of the molecule is CCCNC(=O)CSc1cc(OC)c(N)cc1F. The van der Waals surface area contributed by atoms with Crippen LogP contribution in [0.15, 0.2) is 17.0 Å². The summed E-state index contributed by atoms with van der Waals surface area (Å²) >= 11 is 1.12. The number of methoxy groups -OCH3 is 1. The molecule has 6 heteroatoms. The third-order valence-electron chi connectivity index (χ3n) is 2.22. The van der Waals surface area contributed by atoms with Crippen LogP contribution in [0.1, 0.15) is 13.3 Å². The number of nitrogens with two attached hydrogens (primary N) is 1. The molecule has 0 bridgehead atoms. The highest BCUT2D eigenvalue weighted by Gasteiger charge is 2.10. The Labute approximate surface area is 110 Å². The van der Waals surface area contributed by atoms with E-state index in [4.69, 9.17) is 10.5 Å². The number of hydrogen-bond donors (Lipinski definition) is 2. The number of halogens is 1. The minimum atomic E-state index is -0.443. The third-order valence-corrected chi connectivity index (χ3v) is 3.25. The first-order chi connectivity index (χ1) is 8.58. The van der Waals surface area contributed by atoms with Gasteiger partial charge >= 0.3 is 0 Å². The van der Waals surface area contributed by atoms with Crippen LogP contribution in [0.4, 0.5) is 10.1 Å². The number of amides is 1. The number of rotatable bonds is 6. The van der Waals surface area contributed by atoms with E-state index < -0.39 is 5.82 Å². The van der Waals surface area contributed by atoms with Crippen LogP contribution in [0, 0.1) is 5.82 Å². The Morgan fingerprint density at radius 2 is 2.28 bits per heavy atom. The maximum absolute atomic E-state index is 13.6. The Hall–Kier alpha value is -1.43. The fourth-order valence-electron chi connectivity index (χ4n) is 1.30. The van der Waals surface area contributed by atoms with Gasteiger partial charge in [-0.3, -0.25) is 4.79 Å². The van der Waals surface area contributed by atoms with E-state index in [0.717, 1.165) is 18.2 Å². The number of hydrogen-bond acceptors (Lipinski definition) is 4. The van der Waals surface area contributed by atoms with Crippen LogP contribution in [0.2, 0.25) is 0 Å². The van der Waals surface area contributed by atoms with Crippen molar-refractivity contribution in [1.29, 1.82) is 0 Å². The minimum Gasteiger partial charge on any atom is -0.495 e. The highest BCUT2D eigenvalue weighted by Crippen LogP contribution is 2.30. The Morgan fingerprint density at radius 3 is 2.89 bits per heavy atom. The maximum Gasteiger partial charge on any atom is 0.230 e. The second-order valence-electron chi connectivity index (χ2n) is 3.66. The third kappa shape index (κ3) is 4.10. The molecule has 1 amide bonds. The van der Waals surface area contributed by atoms with Crippen molar-refractivity contribution < 1.29 is 13.9 Å². The average Bonchev–Trinajstić information content (AvgIpc) is 2.35. The van der Waals surface area contributed by atoms with E-state index >= 15 is 0 Å². The van der Waals surface area contributed by atoms with Crippen molar-refractivity contribution in [2.24, 2.45) is 0 Å². The summed E-state index contributed by atoms with van der Waals surface area (Å²) in [6.45, 7) is 2.60. The highest BCUT2D eigenvalue weighted by molar-refractivity contribution is 8.00. The van der Waals surface area contributed by atoms with Crippen LogP contribution >= 0.6 is 11.8 Å². The number of carbonyl (C=O) groups excluding carboxylic acids is 1. The quantitative estimate of drug-likeness (QED) is 0.614. The van der Waals surface area contributed by atoms with E-state index in [2.05, 4.69) is 5.32 Å². The van der Waals surface area contributed by atoms with Crippen LogP contribution < -0.4 is 15.8 Å². The first-order valence-corrected chi connectivity index (χ1v) is 6.59. The first-order valence-electron chi connectivity index (χ1n) is 5.61. The minimum absolute atomic E-state index is 0.114. The maximum atomic E-state index is 13.6. The summed E-state index contributed by atoms with van der Waals surface area (Å²) in [7, 11) is 1.46. The summed E-state index contributed by atoms with van der Waals surface area (Å²) in [5.41, 5.74) is 5.81. The monoisotopic (exact) mass is 272 g/mol. The summed E-state index contributed by atoms with van der Waals surface area (Å²) in [5.74, 6) is 0.0239. The predicted octanol–water partition coefficient (Wildman–Crippen LogP) is 2.03. The van der Waals surface area contributed by atoms with Crippen LogP contribution in [0.3, 0.4) is 0 Å². The second kappa shape index (κ2) is 7.10. The van der Waals surface area contributed by atoms with Crippen molar-refractivity contribution in [3.05, 3.63) is 17.9 Å². The normalized spacial score (nSPS) is 10.2. The molecule has 0 atom stereocenters. The molecule has 0 aromatic heterocycles. The molecule has 0 saturated carbocycles. The number of ether oxygens (including phenoxy) is 1. The summed E-state index contributed by atoms with van der Waals surface area (Å²) in [5, 5.41) is 2.72. The molecule has 0 saturated heterocycles. The van der Waals surface area contributed by atoms with Crippen LogP contribution in [0.5, 0.6) is 5.75 Å². The predicted molar refractivity (Wildman–Crippen MR) is 71.4 cm³/mol. The van der Waals surface area contributed by atoms with Gasteiger partial charge in [0.25, 0.3) is 0 Å². The topological polar surface area (TPSA) is 64.3 Å². The Bertz CT molecular complexity index is 427. The number of thioether (sulfide) groups is 1. The van der Waals surface area contributed by atoms with Crippen molar-refractivity contribution in [1.82, 2.24) is 5.32 Å². The van der Waals surface area contributed by atoms with Gasteiger partial charge in [0.15, 0.2) is 0 Å². The standard InChI is InChI=1S/C12H17FN2O2S/c1-3-4-15-12(16)7-18-11-6-10(17-2)9(14)5-8(11)13/h5-6H,3-4,7,14H2,1-2H3,(H,15,16). The van der Waals surface area contributed by atoms with Crippen molar-refractivity contribution in [3.8, 4) is 5.75 Å². The van der Waals surface area contributed by atoms with E-state index in [-0.39, 0.29) is 17.3 Å².